The Morgan fingerprint density at radius 2 is 2.16 bits per heavy atom. The number of hydrogen-bond donors (Lipinski definition) is 1. The Morgan fingerprint density at radius 1 is 1.53 bits per heavy atom. The molecule has 0 fully saturated rings. The molecule has 7 heteroatoms. The number of carbonyl (C=O) groups excluding carboxylic acids is 1. The summed E-state index contributed by atoms with van der Waals surface area (Å²) >= 11 is 2.94. The average molecular weight is 335 g/mol. The van der Waals surface area contributed by atoms with E-state index in [4.69, 9.17) is 5.26 Å². The van der Waals surface area contributed by atoms with Crippen LogP contribution >= 0.6 is 15.9 Å². The Bertz CT molecular complexity index is 523. The monoisotopic (exact) mass is 334 g/mol. The summed E-state index contributed by atoms with van der Waals surface area (Å²) in [6, 6.07) is 4.63. The van der Waals surface area contributed by atoms with E-state index < -0.39 is 29.3 Å². The van der Waals surface area contributed by atoms with Crippen LogP contribution in [0.2, 0.25) is 0 Å². The van der Waals surface area contributed by atoms with Crippen LogP contribution in [0.5, 0.6) is 0 Å². The number of carbonyl (C=O) groups is 1. The summed E-state index contributed by atoms with van der Waals surface area (Å²) in [5.41, 5.74) is -1.47. The molecular weight excluding hydrogens is 325 g/mol. The predicted molar refractivity (Wildman–Crippen MR) is 66.3 cm³/mol. The maximum absolute atomic E-state index is 12.8. The minimum absolute atomic E-state index is 0.0314. The minimum atomic E-state index is -4.62. The first-order chi connectivity index (χ1) is 8.75. The maximum atomic E-state index is 12.8. The molecule has 0 bridgehead atoms. The van der Waals surface area contributed by atoms with E-state index in [-0.39, 0.29) is 10.9 Å². The first-order valence-electron chi connectivity index (χ1n) is 5.30. The van der Waals surface area contributed by atoms with Crippen molar-refractivity contribution in [3.8, 4) is 6.07 Å². The standard InChI is InChI=1S/C12H10BrF3N2O/c1-7(4-5-17)18-11(19)9-3-2-8(13)6-10(9)12(14,15)16/h2-3,6-7H,4H2,1H3,(H,18,19)/t7-/m0/s1. The van der Waals surface area contributed by atoms with Crippen LogP contribution in [0.4, 0.5) is 13.2 Å². The number of alkyl halides is 3. The summed E-state index contributed by atoms with van der Waals surface area (Å²) in [6.45, 7) is 1.55. The molecule has 0 aliphatic carbocycles. The van der Waals surface area contributed by atoms with Crippen molar-refractivity contribution in [2.24, 2.45) is 0 Å². The van der Waals surface area contributed by atoms with Gasteiger partial charge in [-0.15, -0.1) is 0 Å². The molecule has 1 aromatic rings. The molecule has 0 radical (unpaired) electrons. The van der Waals surface area contributed by atoms with Crippen LogP contribution in [0.3, 0.4) is 0 Å². The molecule has 19 heavy (non-hydrogen) atoms. The number of halogens is 4. The molecule has 102 valence electrons. The normalized spacial score (nSPS) is 12.6. The zero-order valence-corrected chi connectivity index (χ0v) is 11.5. The summed E-state index contributed by atoms with van der Waals surface area (Å²) in [4.78, 5) is 11.8. The van der Waals surface area contributed by atoms with Crippen molar-refractivity contribution < 1.29 is 18.0 Å². The molecule has 3 nitrogen and oxygen atoms in total. The van der Waals surface area contributed by atoms with Crippen molar-refractivity contribution in [2.75, 3.05) is 0 Å². The topological polar surface area (TPSA) is 52.9 Å². The zero-order chi connectivity index (χ0) is 14.6. The molecule has 0 unspecified atom stereocenters. The molecule has 0 aliphatic rings. The summed E-state index contributed by atoms with van der Waals surface area (Å²) in [5.74, 6) is -0.845. The van der Waals surface area contributed by atoms with Crippen LogP contribution < -0.4 is 5.32 Å². The van der Waals surface area contributed by atoms with Gasteiger partial charge >= 0.3 is 6.18 Å². The third kappa shape index (κ3) is 4.24. The van der Waals surface area contributed by atoms with E-state index in [1.807, 2.05) is 6.07 Å². The van der Waals surface area contributed by atoms with E-state index in [2.05, 4.69) is 21.2 Å². The van der Waals surface area contributed by atoms with Crippen LogP contribution in [0.25, 0.3) is 0 Å². The molecule has 1 aromatic carbocycles. The van der Waals surface area contributed by atoms with Crippen LogP contribution in [0, 0.1) is 11.3 Å². The molecular formula is C12H10BrF3N2O. The Hall–Kier alpha value is -1.55. The van der Waals surface area contributed by atoms with Crippen molar-refractivity contribution in [2.45, 2.75) is 25.6 Å². The van der Waals surface area contributed by atoms with Gasteiger partial charge in [0.25, 0.3) is 5.91 Å². The van der Waals surface area contributed by atoms with Gasteiger partial charge in [0, 0.05) is 10.5 Å². The van der Waals surface area contributed by atoms with Crippen molar-refractivity contribution >= 4 is 21.8 Å². The highest BCUT2D eigenvalue weighted by atomic mass is 79.9. The highest BCUT2D eigenvalue weighted by molar-refractivity contribution is 9.10. The second kappa shape index (κ2) is 6.06. The quantitative estimate of drug-likeness (QED) is 0.919. The molecule has 0 aromatic heterocycles. The molecule has 0 heterocycles. The fourth-order valence-electron chi connectivity index (χ4n) is 1.44. The lowest BCUT2D eigenvalue weighted by atomic mass is 10.1. The smallest absolute Gasteiger partial charge is 0.349 e. The van der Waals surface area contributed by atoms with Crippen molar-refractivity contribution in [3.63, 3.8) is 0 Å². The van der Waals surface area contributed by atoms with Crippen LogP contribution in [0.15, 0.2) is 22.7 Å². The third-order valence-electron chi connectivity index (χ3n) is 2.31. The fourth-order valence-corrected chi connectivity index (χ4v) is 1.80. The number of nitrogens with one attached hydrogen (secondary N) is 1. The number of hydrogen-bond acceptors (Lipinski definition) is 2. The van der Waals surface area contributed by atoms with Gasteiger partial charge in [-0.3, -0.25) is 4.79 Å². The number of rotatable bonds is 3. The van der Waals surface area contributed by atoms with E-state index in [1.54, 1.807) is 6.92 Å². The van der Waals surface area contributed by atoms with E-state index in [9.17, 15) is 18.0 Å². The van der Waals surface area contributed by atoms with Crippen molar-refractivity contribution in [3.05, 3.63) is 33.8 Å². The number of amides is 1. The second-order valence-electron chi connectivity index (χ2n) is 3.92. The molecule has 0 saturated carbocycles. The highest BCUT2D eigenvalue weighted by Gasteiger charge is 2.35. The Morgan fingerprint density at radius 3 is 2.68 bits per heavy atom. The average Bonchev–Trinajstić information content (AvgIpc) is 2.27. The molecule has 0 spiro atoms. The lowest BCUT2D eigenvalue weighted by molar-refractivity contribution is -0.138. The Labute approximate surface area is 116 Å². The first-order valence-corrected chi connectivity index (χ1v) is 6.09. The van der Waals surface area contributed by atoms with Gasteiger partial charge in [0.05, 0.1) is 23.6 Å². The van der Waals surface area contributed by atoms with Gasteiger partial charge in [0.2, 0.25) is 0 Å². The lowest BCUT2D eigenvalue weighted by Crippen LogP contribution is -2.33. The molecule has 0 aliphatic heterocycles. The predicted octanol–water partition coefficient (Wildman–Crippen LogP) is 3.50. The summed E-state index contributed by atoms with van der Waals surface area (Å²) < 4.78 is 38.7. The third-order valence-corrected chi connectivity index (χ3v) is 2.80. The van der Waals surface area contributed by atoms with E-state index in [0.717, 1.165) is 12.1 Å². The zero-order valence-electron chi connectivity index (χ0n) is 9.88. The second-order valence-corrected chi connectivity index (χ2v) is 4.84. The molecule has 1 atom stereocenters. The van der Waals surface area contributed by atoms with Crippen molar-refractivity contribution in [1.29, 1.82) is 5.26 Å². The largest absolute Gasteiger partial charge is 0.417 e. The summed E-state index contributed by atoms with van der Waals surface area (Å²) in [5, 5.41) is 10.8. The van der Waals surface area contributed by atoms with E-state index in [0.29, 0.717) is 0 Å². The maximum Gasteiger partial charge on any atom is 0.417 e. The van der Waals surface area contributed by atoms with Gasteiger partial charge in [-0.2, -0.15) is 18.4 Å². The molecule has 1 N–H and O–H groups in total. The first kappa shape index (κ1) is 15.5. The molecule has 0 saturated heterocycles. The van der Waals surface area contributed by atoms with E-state index >= 15 is 0 Å². The van der Waals surface area contributed by atoms with Gasteiger partial charge in [-0.25, -0.2) is 0 Å². The Kier molecular flexibility index (Phi) is 4.95. The lowest BCUT2D eigenvalue weighted by Gasteiger charge is -2.15. The molecule has 1 amide bonds. The number of benzene rings is 1. The summed E-state index contributed by atoms with van der Waals surface area (Å²) in [6.07, 6.45) is -4.58. The van der Waals surface area contributed by atoms with Crippen LogP contribution in [-0.4, -0.2) is 11.9 Å². The summed E-state index contributed by atoms with van der Waals surface area (Å²) in [7, 11) is 0. The van der Waals surface area contributed by atoms with Gasteiger partial charge < -0.3 is 5.32 Å². The number of nitriles is 1. The minimum Gasteiger partial charge on any atom is -0.349 e. The number of nitrogens with zero attached hydrogens (tertiary/aromatic N) is 1. The van der Waals surface area contributed by atoms with Gasteiger partial charge in [-0.1, -0.05) is 15.9 Å². The Balaban J connectivity index is 3.07. The van der Waals surface area contributed by atoms with Crippen LogP contribution in [-0.2, 0) is 6.18 Å². The van der Waals surface area contributed by atoms with E-state index in [1.165, 1.54) is 6.07 Å². The van der Waals surface area contributed by atoms with Gasteiger partial charge in [0.1, 0.15) is 0 Å². The SMILES string of the molecule is C[C@@H](CC#N)NC(=O)c1ccc(Br)cc1C(F)(F)F. The van der Waals surface area contributed by atoms with Gasteiger partial charge in [-0.05, 0) is 25.1 Å². The van der Waals surface area contributed by atoms with Gasteiger partial charge in [0.15, 0.2) is 0 Å². The van der Waals surface area contributed by atoms with Crippen molar-refractivity contribution in [1.82, 2.24) is 5.32 Å². The fraction of sp³-hybridized carbons (Fsp3) is 0.333. The van der Waals surface area contributed by atoms with Crippen LogP contribution in [0.1, 0.15) is 29.3 Å². The molecule has 1 rings (SSSR count). The highest BCUT2D eigenvalue weighted by Crippen LogP contribution is 2.33.